The summed E-state index contributed by atoms with van der Waals surface area (Å²) in [6.07, 6.45) is 4.17. The number of piperidine rings is 1. The van der Waals surface area contributed by atoms with Gasteiger partial charge in [0.25, 0.3) is 0 Å². The van der Waals surface area contributed by atoms with Crippen molar-refractivity contribution in [3.05, 3.63) is 62.9 Å². The lowest BCUT2D eigenvalue weighted by molar-refractivity contribution is 0.0595. The van der Waals surface area contributed by atoms with Crippen LogP contribution in [0.5, 0.6) is 5.75 Å². The van der Waals surface area contributed by atoms with E-state index in [1.807, 2.05) is 12.1 Å². The van der Waals surface area contributed by atoms with Gasteiger partial charge in [-0.3, -0.25) is 4.90 Å². The Bertz CT molecular complexity index is 1070. The Morgan fingerprint density at radius 1 is 1.15 bits per heavy atom. The molecular formula is C26H27Cl2FN2O3. The molecule has 0 N–H and O–H groups in total. The molecule has 1 aliphatic heterocycles. The van der Waals surface area contributed by atoms with Gasteiger partial charge in [0.15, 0.2) is 0 Å². The molecule has 2 aromatic rings. The van der Waals surface area contributed by atoms with Gasteiger partial charge >= 0.3 is 5.97 Å². The predicted molar refractivity (Wildman–Crippen MR) is 129 cm³/mol. The minimum Gasteiger partial charge on any atom is -0.493 e. The van der Waals surface area contributed by atoms with Gasteiger partial charge in [0.2, 0.25) is 0 Å². The van der Waals surface area contributed by atoms with Crippen LogP contribution in [0.3, 0.4) is 0 Å². The highest BCUT2D eigenvalue weighted by molar-refractivity contribution is 6.34. The first-order valence-electron chi connectivity index (χ1n) is 11.5. The minimum absolute atomic E-state index is 0.0466. The van der Waals surface area contributed by atoms with E-state index in [0.717, 1.165) is 49.9 Å². The van der Waals surface area contributed by atoms with E-state index < -0.39 is 11.8 Å². The number of ether oxygens (including phenoxy) is 2. The van der Waals surface area contributed by atoms with Crippen molar-refractivity contribution in [2.45, 2.75) is 44.1 Å². The van der Waals surface area contributed by atoms with E-state index in [1.54, 1.807) is 12.1 Å². The van der Waals surface area contributed by atoms with Gasteiger partial charge in [-0.2, -0.15) is 5.26 Å². The SMILES string of the molecule is COC(=O)c1cc(C2CC2)c(OCC2CCN(C(CC#N)c3cc(Cl)cc(Cl)c3)CC2)cc1F. The highest BCUT2D eigenvalue weighted by Gasteiger charge is 2.31. The van der Waals surface area contributed by atoms with Gasteiger partial charge in [-0.05, 0) is 86.0 Å². The lowest BCUT2D eigenvalue weighted by Gasteiger charge is -2.37. The number of rotatable bonds is 8. The summed E-state index contributed by atoms with van der Waals surface area (Å²) in [5.74, 6) is -0.160. The molecule has 1 saturated carbocycles. The Morgan fingerprint density at radius 3 is 2.41 bits per heavy atom. The number of hydrogen-bond acceptors (Lipinski definition) is 5. The molecule has 2 fully saturated rings. The summed E-state index contributed by atoms with van der Waals surface area (Å²) in [5.41, 5.74) is 1.78. The van der Waals surface area contributed by atoms with Gasteiger partial charge in [-0.25, -0.2) is 9.18 Å². The van der Waals surface area contributed by atoms with Crippen LogP contribution in [0.15, 0.2) is 30.3 Å². The van der Waals surface area contributed by atoms with Gasteiger partial charge in [0.1, 0.15) is 11.6 Å². The van der Waals surface area contributed by atoms with Crippen molar-refractivity contribution in [1.82, 2.24) is 4.90 Å². The van der Waals surface area contributed by atoms with E-state index >= 15 is 0 Å². The second-order valence-electron chi connectivity index (χ2n) is 9.01. The Morgan fingerprint density at radius 2 is 1.82 bits per heavy atom. The summed E-state index contributed by atoms with van der Waals surface area (Å²) in [5, 5.41) is 10.5. The molecule has 180 valence electrons. The Balaban J connectivity index is 1.39. The molecule has 0 spiro atoms. The molecule has 0 radical (unpaired) electrons. The quantitative estimate of drug-likeness (QED) is 0.381. The first-order chi connectivity index (χ1) is 16.4. The summed E-state index contributed by atoms with van der Waals surface area (Å²) < 4.78 is 25.3. The Labute approximate surface area is 209 Å². The van der Waals surface area contributed by atoms with Crippen molar-refractivity contribution in [3.8, 4) is 11.8 Å². The number of methoxy groups -OCH3 is 1. The lowest BCUT2D eigenvalue weighted by Crippen LogP contribution is -2.38. The van der Waals surface area contributed by atoms with E-state index in [9.17, 15) is 14.4 Å². The van der Waals surface area contributed by atoms with Crippen LogP contribution in [0.2, 0.25) is 10.0 Å². The highest BCUT2D eigenvalue weighted by Crippen LogP contribution is 2.45. The zero-order valence-corrected chi connectivity index (χ0v) is 20.5. The number of nitrogens with zero attached hydrogens (tertiary/aromatic N) is 2. The number of halogens is 3. The van der Waals surface area contributed by atoms with E-state index in [1.165, 1.54) is 13.2 Å². The minimum atomic E-state index is -0.675. The first kappa shape index (κ1) is 24.8. The summed E-state index contributed by atoms with van der Waals surface area (Å²) in [7, 11) is 1.25. The number of hydrogen-bond donors (Lipinski definition) is 0. The number of benzene rings is 2. The maximum absolute atomic E-state index is 14.5. The van der Waals surface area contributed by atoms with Crippen molar-refractivity contribution >= 4 is 29.2 Å². The number of esters is 1. The maximum atomic E-state index is 14.5. The van der Waals surface area contributed by atoms with Crippen LogP contribution in [-0.4, -0.2) is 37.7 Å². The molecule has 4 rings (SSSR count). The monoisotopic (exact) mass is 504 g/mol. The van der Waals surface area contributed by atoms with Gasteiger partial charge < -0.3 is 9.47 Å². The van der Waals surface area contributed by atoms with Crippen LogP contribution in [0.1, 0.15) is 65.5 Å². The van der Waals surface area contributed by atoms with Crippen molar-refractivity contribution in [3.63, 3.8) is 0 Å². The lowest BCUT2D eigenvalue weighted by atomic mass is 9.93. The van der Waals surface area contributed by atoms with Crippen LogP contribution in [0.4, 0.5) is 4.39 Å². The average molecular weight is 505 g/mol. The summed E-state index contributed by atoms with van der Waals surface area (Å²) in [6, 6.07) is 10.6. The summed E-state index contributed by atoms with van der Waals surface area (Å²) in [4.78, 5) is 14.2. The first-order valence-corrected chi connectivity index (χ1v) is 12.3. The fourth-order valence-corrected chi connectivity index (χ4v) is 5.17. The molecule has 1 unspecified atom stereocenters. The molecule has 1 aliphatic carbocycles. The Kier molecular flexibility index (Phi) is 7.98. The maximum Gasteiger partial charge on any atom is 0.340 e. The van der Waals surface area contributed by atoms with Crippen LogP contribution in [0, 0.1) is 23.1 Å². The van der Waals surface area contributed by atoms with Crippen LogP contribution >= 0.6 is 23.2 Å². The molecule has 1 heterocycles. The van der Waals surface area contributed by atoms with Crippen molar-refractivity contribution in [2.75, 3.05) is 26.8 Å². The Hall–Kier alpha value is -2.33. The number of carbonyl (C=O) groups is 1. The van der Waals surface area contributed by atoms with E-state index in [2.05, 4.69) is 11.0 Å². The highest BCUT2D eigenvalue weighted by atomic mass is 35.5. The molecule has 2 aliphatic rings. The standard InChI is InChI=1S/C26H27Cl2FN2O3/c1-33-26(32)22-13-21(17-2-3-17)25(14-23(22)29)34-15-16-5-8-31(9-6-16)24(4-7-30)18-10-19(27)12-20(28)11-18/h10-14,16-17,24H,2-6,8-9,15H2,1H3. The summed E-state index contributed by atoms with van der Waals surface area (Å²) in [6.45, 7) is 2.11. The summed E-state index contributed by atoms with van der Waals surface area (Å²) >= 11 is 12.4. The van der Waals surface area contributed by atoms with Gasteiger partial charge in [0.05, 0.1) is 31.8 Å². The normalized spacial score (nSPS) is 17.7. The van der Waals surface area contributed by atoms with Crippen LogP contribution in [-0.2, 0) is 4.74 Å². The molecular weight excluding hydrogens is 478 g/mol. The molecule has 5 nitrogen and oxygen atoms in total. The third-order valence-corrected chi connectivity index (χ3v) is 7.08. The third-order valence-electron chi connectivity index (χ3n) is 6.64. The van der Waals surface area contributed by atoms with Gasteiger partial charge in [-0.1, -0.05) is 23.2 Å². The van der Waals surface area contributed by atoms with E-state index in [-0.39, 0.29) is 11.6 Å². The molecule has 1 atom stereocenters. The second-order valence-corrected chi connectivity index (χ2v) is 9.88. The fraction of sp³-hybridized carbons (Fsp3) is 0.462. The molecule has 34 heavy (non-hydrogen) atoms. The van der Waals surface area contributed by atoms with E-state index in [4.69, 9.17) is 32.7 Å². The largest absolute Gasteiger partial charge is 0.493 e. The molecule has 8 heteroatoms. The molecule has 0 amide bonds. The number of likely N-dealkylation sites (tertiary alicyclic amines) is 1. The number of carbonyl (C=O) groups excluding carboxylic acids is 1. The topological polar surface area (TPSA) is 62.6 Å². The zero-order chi connectivity index (χ0) is 24.2. The molecule has 0 aromatic heterocycles. The van der Waals surface area contributed by atoms with Crippen LogP contribution < -0.4 is 4.74 Å². The van der Waals surface area contributed by atoms with E-state index in [0.29, 0.717) is 40.7 Å². The smallest absolute Gasteiger partial charge is 0.340 e. The predicted octanol–water partition coefficient (Wildman–Crippen LogP) is 6.54. The molecule has 2 aromatic carbocycles. The van der Waals surface area contributed by atoms with Crippen molar-refractivity contribution in [1.29, 1.82) is 5.26 Å². The van der Waals surface area contributed by atoms with Gasteiger partial charge in [-0.15, -0.1) is 0 Å². The average Bonchev–Trinajstić information content (AvgIpc) is 3.66. The third kappa shape index (κ3) is 5.83. The second kappa shape index (κ2) is 10.9. The molecule has 0 bridgehead atoms. The molecule has 1 saturated heterocycles. The fourth-order valence-electron chi connectivity index (χ4n) is 4.63. The number of nitriles is 1. The van der Waals surface area contributed by atoms with Crippen molar-refractivity contribution in [2.24, 2.45) is 5.92 Å². The van der Waals surface area contributed by atoms with Gasteiger partial charge in [0, 0.05) is 22.2 Å². The zero-order valence-electron chi connectivity index (χ0n) is 19.0. The van der Waals surface area contributed by atoms with Crippen molar-refractivity contribution < 1.29 is 18.7 Å². The van der Waals surface area contributed by atoms with Crippen LogP contribution in [0.25, 0.3) is 0 Å².